The Morgan fingerprint density at radius 2 is 1.96 bits per heavy atom. The fourth-order valence-corrected chi connectivity index (χ4v) is 3.03. The van der Waals surface area contributed by atoms with E-state index in [9.17, 15) is 22.8 Å². The van der Waals surface area contributed by atoms with Gasteiger partial charge >= 0.3 is 6.18 Å². The maximum Gasteiger partial charge on any atom is 0.416 e. The highest BCUT2D eigenvalue weighted by Crippen LogP contribution is 2.31. The number of alkyl halides is 3. The number of rotatable bonds is 5. The lowest BCUT2D eigenvalue weighted by Crippen LogP contribution is -2.38. The molecule has 2 aromatic rings. The van der Waals surface area contributed by atoms with Crippen LogP contribution in [0.1, 0.15) is 40.4 Å². The number of hydrogen-bond donors (Lipinski definition) is 1. The Bertz CT molecular complexity index is 824. The van der Waals surface area contributed by atoms with Crippen LogP contribution in [0.2, 0.25) is 0 Å². The normalized spacial score (nSPS) is 15.7. The minimum atomic E-state index is -4.49. The number of likely N-dealkylation sites (tertiary alicyclic amines) is 1. The van der Waals surface area contributed by atoms with Gasteiger partial charge in [0.05, 0.1) is 11.6 Å². The minimum absolute atomic E-state index is 0.0647. The predicted octanol–water partition coefficient (Wildman–Crippen LogP) is 3.19. The number of aromatic nitrogens is 1. The summed E-state index contributed by atoms with van der Waals surface area (Å²) in [7, 11) is 0. The van der Waals surface area contributed by atoms with Crippen molar-refractivity contribution < 1.29 is 22.8 Å². The number of nitrogens with zero attached hydrogens (tertiary/aromatic N) is 2. The second kappa shape index (κ2) is 7.77. The lowest BCUT2D eigenvalue weighted by molar-refractivity contribution is -0.137. The first-order valence-corrected chi connectivity index (χ1v) is 8.50. The molecule has 1 aromatic heterocycles. The van der Waals surface area contributed by atoms with Gasteiger partial charge in [-0.25, -0.2) is 0 Å². The molecule has 8 heteroatoms. The smallest absolute Gasteiger partial charge is 0.343 e. The number of halogens is 3. The summed E-state index contributed by atoms with van der Waals surface area (Å²) in [6, 6.07) is 7.08. The molecule has 1 saturated heterocycles. The number of amides is 2. The lowest BCUT2D eigenvalue weighted by Gasteiger charge is -2.26. The van der Waals surface area contributed by atoms with Gasteiger partial charge in [0.2, 0.25) is 5.91 Å². The predicted molar refractivity (Wildman–Crippen MR) is 91.7 cm³/mol. The quantitative estimate of drug-likeness (QED) is 0.871. The van der Waals surface area contributed by atoms with E-state index >= 15 is 0 Å². The van der Waals surface area contributed by atoms with Gasteiger partial charge in [-0.15, -0.1) is 0 Å². The maximum atomic E-state index is 13.1. The van der Waals surface area contributed by atoms with E-state index in [0.717, 1.165) is 12.1 Å². The molecule has 2 amide bonds. The first kappa shape index (κ1) is 18.9. The van der Waals surface area contributed by atoms with Gasteiger partial charge in [0.15, 0.2) is 0 Å². The van der Waals surface area contributed by atoms with Crippen LogP contribution < -0.4 is 5.32 Å². The molecule has 0 radical (unpaired) electrons. The van der Waals surface area contributed by atoms with Crippen LogP contribution in [0.15, 0.2) is 48.8 Å². The van der Waals surface area contributed by atoms with Gasteiger partial charge in [-0.2, -0.15) is 13.2 Å². The Kier molecular flexibility index (Phi) is 5.43. The molecule has 2 heterocycles. The molecule has 3 rings (SSSR count). The molecule has 27 heavy (non-hydrogen) atoms. The molecule has 142 valence electrons. The molecule has 0 spiro atoms. The monoisotopic (exact) mass is 377 g/mol. The molecule has 0 unspecified atom stereocenters. The molecular weight excluding hydrogens is 359 g/mol. The summed E-state index contributed by atoms with van der Waals surface area (Å²) in [5.74, 6) is -0.503. The van der Waals surface area contributed by atoms with Crippen LogP contribution in [0.5, 0.6) is 0 Å². The highest BCUT2D eigenvalue weighted by atomic mass is 19.4. The Labute approximate surface area is 154 Å². The topological polar surface area (TPSA) is 62.3 Å². The van der Waals surface area contributed by atoms with Crippen LogP contribution in [-0.2, 0) is 11.0 Å². The van der Waals surface area contributed by atoms with Crippen LogP contribution in [0, 0.1) is 0 Å². The first-order valence-electron chi connectivity index (χ1n) is 8.50. The van der Waals surface area contributed by atoms with E-state index in [1.807, 2.05) is 0 Å². The van der Waals surface area contributed by atoms with Crippen molar-refractivity contribution in [3.63, 3.8) is 0 Å². The second-order valence-electron chi connectivity index (χ2n) is 6.33. The van der Waals surface area contributed by atoms with Crippen molar-refractivity contribution in [1.82, 2.24) is 15.2 Å². The summed E-state index contributed by atoms with van der Waals surface area (Å²) in [5.41, 5.74) is -0.155. The molecule has 1 aromatic carbocycles. The molecule has 1 aliphatic rings. The highest BCUT2D eigenvalue weighted by Gasteiger charge is 2.32. The number of nitrogens with one attached hydrogen (secondary N) is 1. The molecule has 0 aliphatic carbocycles. The SMILES string of the molecule is O=C(N[C@H](CN1CCCC1=O)c1cccc(C(F)(F)F)c1)c1ccncc1. The van der Waals surface area contributed by atoms with Crippen molar-refractivity contribution in [3.8, 4) is 0 Å². The zero-order chi connectivity index (χ0) is 19.4. The molecule has 0 saturated carbocycles. The van der Waals surface area contributed by atoms with Gasteiger partial charge in [0.25, 0.3) is 5.91 Å². The zero-order valence-corrected chi connectivity index (χ0v) is 14.4. The molecule has 1 fully saturated rings. The molecule has 0 bridgehead atoms. The van der Waals surface area contributed by atoms with Crippen molar-refractivity contribution in [2.75, 3.05) is 13.1 Å². The Morgan fingerprint density at radius 1 is 1.22 bits per heavy atom. The molecule has 1 atom stereocenters. The molecular formula is C19H18F3N3O2. The largest absolute Gasteiger partial charge is 0.416 e. The number of pyridine rings is 1. The van der Waals surface area contributed by atoms with Gasteiger partial charge in [-0.05, 0) is 36.2 Å². The van der Waals surface area contributed by atoms with Crippen molar-refractivity contribution in [2.24, 2.45) is 0 Å². The van der Waals surface area contributed by atoms with E-state index in [1.54, 1.807) is 4.90 Å². The van der Waals surface area contributed by atoms with Crippen LogP contribution >= 0.6 is 0 Å². The van der Waals surface area contributed by atoms with Crippen molar-refractivity contribution in [1.29, 1.82) is 0 Å². The van der Waals surface area contributed by atoms with Gasteiger partial charge < -0.3 is 10.2 Å². The molecule has 1 N–H and O–H groups in total. The zero-order valence-electron chi connectivity index (χ0n) is 14.4. The average Bonchev–Trinajstić information content (AvgIpc) is 3.06. The second-order valence-corrected chi connectivity index (χ2v) is 6.33. The van der Waals surface area contributed by atoms with E-state index in [-0.39, 0.29) is 12.5 Å². The third kappa shape index (κ3) is 4.64. The van der Waals surface area contributed by atoms with Crippen molar-refractivity contribution >= 4 is 11.8 Å². The highest BCUT2D eigenvalue weighted by molar-refractivity contribution is 5.94. The summed E-state index contributed by atoms with van der Waals surface area (Å²) in [4.78, 5) is 29.9. The average molecular weight is 377 g/mol. The van der Waals surface area contributed by atoms with Crippen LogP contribution in [0.4, 0.5) is 13.2 Å². The Morgan fingerprint density at radius 3 is 2.59 bits per heavy atom. The summed E-state index contributed by atoms with van der Waals surface area (Å²) >= 11 is 0. The van der Waals surface area contributed by atoms with Crippen LogP contribution in [0.25, 0.3) is 0 Å². The number of benzene rings is 1. The third-order valence-electron chi connectivity index (χ3n) is 4.44. The van der Waals surface area contributed by atoms with E-state index < -0.39 is 23.7 Å². The van der Waals surface area contributed by atoms with Crippen molar-refractivity contribution in [2.45, 2.75) is 25.1 Å². The standard InChI is InChI=1S/C19H18F3N3O2/c20-19(21,22)15-4-1-3-14(11-15)16(12-25-10-2-5-17(25)26)24-18(27)13-6-8-23-9-7-13/h1,3-4,6-9,11,16H,2,5,10,12H2,(H,24,27)/t16-/m1/s1. The molecule has 1 aliphatic heterocycles. The van der Waals surface area contributed by atoms with E-state index in [1.165, 1.54) is 36.7 Å². The molecule has 5 nitrogen and oxygen atoms in total. The van der Waals surface area contributed by atoms with E-state index in [2.05, 4.69) is 10.3 Å². The van der Waals surface area contributed by atoms with Gasteiger partial charge in [0, 0.05) is 37.5 Å². The Balaban J connectivity index is 1.87. The van der Waals surface area contributed by atoms with Gasteiger partial charge in [0.1, 0.15) is 0 Å². The van der Waals surface area contributed by atoms with Crippen LogP contribution in [0.3, 0.4) is 0 Å². The van der Waals surface area contributed by atoms with E-state index in [0.29, 0.717) is 30.5 Å². The number of carbonyl (C=O) groups is 2. The van der Waals surface area contributed by atoms with E-state index in [4.69, 9.17) is 0 Å². The maximum absolute atomic E-state index is 13.1. The third-order valence-corrected chi connectivity index (χ3v) is 4.44. The number of carbonyl (C=O) groups excluding carboxylic acids is 2. The summed E-state index contributed by atoms with van der Waals surface area (Å²) in [6.07, 6.45) is -0.463. The summed E-state index contributed by atoms with van der Waals surface area (Å²) in [6.45, 7) is 0.649. The first-order chi connectivity index (χ1) is 12.8. The minimum Gasteiger partial charge on any atom is -0.343 e. The number of hydrogen-bond acceptors (Lipinski definition) is 3. The summed E-state index contributed by atoms with van der Waals surface area (Å²) < 4.78 is 39.2. The van der Waals surface area contributed by atoms with Crippen LogP contribution in [-0.4, -0.2) is 34.8 Å². The summed E-state index contributed by atoms with van der Waals surface area (Å²) in [5, 5.41) is 2.75. The van der Waals surface area contributed by atoms with Gasteiger partial charge in [-0.1, -0.05) is 12.1 Å². The van der Waals surface area contributed by atoms with Gasteiger partial charge in [-0.3, -0.25) is 14.6 Å². The fourth-order valence-electron chi connectivity index (χ4n) is 3.03. The Hall–Kier alpha value is -2.90. The van der Waals surface area contributed by atoms with Crippen molar-refractivity contribution in [3.05, 3.63) is 65.5 Å². The lowest BCUT2D eigenvalue weighted by atomic mass is 10.0. The fraction of sp³-hybridized carbons (Fsp3) is 0.316.